The number of hydrogen-bond acceptors (Lipinski definition) is 6. The monoisotopic (exact) mass is 548 g/mol. The van der Waals surface area contributed by atoms with E-state index >= 15 is 4.39 Å². The maximum Gasteiger partial charge on any atom is 0.434 e. The highest BCUT2D eigenvalue weighted by molar-refractivity contribution is 7.89. The maximum atomic E-state index is 15.3. The van der Waals surface area contributed by atoms with Crippen LogP contribution in [0.25, 0.3) is 0 Å². The number of aromatic amines is 1. The van der Waals surface area contributed by atoms with E-state index in [1.165, 1.54) is 10.4 Å². The van der Waals surface area contributed by atoms with Crippen molar-refractivity contribution in [3.05, 3.63) is 73.8 Å². The summed E-state index contributed by atoms with van der Waals surface area (Å²) in [6.07, 6.45) is 1.83. The van der Waals surface area contributed by atoms with Gasteiger partial charge in [0.1, 0.15) is 16.8 Å². The largest absolute Gasteiger partial charge is 0.434 e. The molecule has 1 aromatic heterocycles. The number of fused-ring (bicyclic) bond motifs is 1. The van der Waals surface area contributed by atoms with Crippen LogP contribution in [0.3, 0.4) is 0 Å². The van der Waals surface area contributed by atoms with Gasteiger partial charge in [0.05, 0.1) is 12.4 Å². The van der Waals surface area contributed by atoms with Crippen LogP contribution in [0.2, 0.25) is 5.02 Å². The predicted octanol–water partition coefficient (Wildman–Crippen LogP) is 5.37. The molecule has 2 aromatic carbocycles. The third-order valence-electron chi connectivity index (χ3n) is 7.52. The summed E-state index contributed by atoms with van der Waals surface area (Å²) in [5.41, 5.74) is 3.11. The van der Waals surface area contributed by atoms with Gasteiger partial charge in [0.15, 0.2) is 0 Å². The van der Waals surface area contributed by atoms with Gasteiger partial charge in [0, 0.05) is 17.0 Å². The lowest BCUT2D eigenvalue weighted by molar-refractivity contribution is 0.233. The van der Waals surface area contributed by atoms with Gasteiger partial charge in [0.2, 0.25) is 15.9 Å². The molecule has 0 unspecified atom stereocenters. The van der Waals surface area contributed by atoms with Gasteiger partial charge in [-0.2, -0.15) is 4.31 Å². The van der Waals surface area contributed by atoms with Crippen molar-refractivity contribution in [1.82, 2.24) is 14.5 Å². The first kappa shape index (κ1) is 25.9. The first-order valence-corrected chi connectivity index (χ1v) is 14.2. The van der Waals surface area contributed by atoms with Gasteiger partial charge in [-0.3, -0.25) is 0 Å². The van der Waals surface area contributed by atoms with E-state index in [-0.39, 0.29) is 29.4 Å². The van der Waals surface area contributed by atoms with E-state index in [1.807, 2.05) is 25.7 Å². The summed E-state index contributed by atoms with van der Waals surface area (Å²) >= 11 is 6.45. The number of sulfonamides is 1. The van der Waals surface area contributed by atoms with Crippen molar-refractivity contribution in [2.75, 3.05) is 11.6 Å². The van der Waals surface area contributed by atoms with Crippen molar-refractivity contribution in [3.8, 4) is 0 Å². The SMILES string of the molecule is Cc1ccc(F)c([C@@H](C)[C@@H](c2n[nH]c(=O)o2)N2CN(C3CC3)c3cc(Cl)cc(C(C)C)c3S2(=O)=O)c1C. The van der Waals surface area contributed by atoms with Crippen LogP contribution in [-0.4, -0.2) is 35.6 Å². The fourth-order valence-corrected chi connectivity index (χ4v) is 7.69. The fourth-order valence-electron chi connectivity index (χ4n) is 5.35. The molecule has 1 saturated carbocycles. The molecule has 1 N–H and O–H groups in total. The Morgan fingerprint density at radius 2 is 1.89 bits per heavy atom. The Hall–Kier alpha value is -2.69. The van der Waals surface area contributed by atoms with E-state index < -0.39 is 33.6 Å². The van der Waals surface area contributed by atoms with Gasteiger partial charge in [-0.25, -0.2) is 22.7 Å². The van der Waals surface area contributed by atoms with E-state index in [2.05, 4.69) is 10.2 Å². The van der Waals surface area contributed by atoms with Gasteiger partial charge in [-0.1, -0.05) is 38.4 Å². The van der Waals surface area contributed by atoms with E-state index in [4.69, 9.17) is 16.0 Å². The van der Waals surface area contributed by atoms with Crippen LogP contribution in [0.15, 0.2) is 38.4 Å². The number of nitrogens with zero attached hydrogens (tertiary/aromatic N) is 3. The average molecular weight is 549 g/mol. The summed E-state index contributed by atoms with van der Waals surface area (Å²) in [5.74, 6) is -2.22. The summed E-state index contributed by atoms with van der Waals surface area (Å²) < 4.78 is 50.8. The number of H-pyrrole nitrogens is 1. The Morgan fingerprint density at radius 1 is 1.19 bits per heavy atom. The number of aromatic nitrogens is 2. The molecule has 8 nitrogen and oxygen atoms in total. The molecular formula is C26H30ClFN4O4S. The fraction of sp³-hybridized carbons (Fsp3) is 0.462. The highest BCUT2D eigenvalue weighted by Gasteiger charge is 2.49. The Labute approximate surface area is 220 Å². The first-order valence-electron chi connectivity index (χ1n) is 12.3. The van der Waals surface area contributed by atoms with Crippen LogP contribution in [0.1, 0.15) is 79.6 Å². The number of hydrogen-bond donors (Lipinski definition) is 1. The van der Waals surface area contributed by atoms with E-state index in [9.17, 15) is 13.2 Å². The van der Waals surface area contributed by atoms with Crippen LogP contribution >= 0.6 is 11.6 Å². The molecular weight excluding hydrogens is 519 g/mol. The van der Waals surface area contributed by atoms with Gasteiger partial charge in [0.25, 0.3) is 0 Å². The molecule has 2 aliphatic rings. The first-order chi connectivity index (χ1) is 17.4. The zero-order chi connectivity index (χ0) is 26.8. The minimum Gasteiger partial charge on any atom is -0.391 e. The third kappa shape index (κ3) is 4.38. The molecule has 0 saturated heterocycles. The summed E-state index contributed by atoms with van der Waals surface area (Å²) in [6.45, 7) is 9.24. The maximum absolute atomic E-state index is 15.3. The second-order valence-electron chi connectivity index (χ2n) is 10.3. The quantitative estimate of drug-likeness (QED) is 0.444. The smallest absolute Gasteiger partial charge is 0.391 e. The molecule has 2 heterocycles. The van der Waals surface area contributed by atoms with Gasteiger partial charge in [-0.15, -0.1) is 5.10 Å². The second kappa shape index (κ2) is 9.25. The van der Waals surface area contributed by atoms with Crippen molar-refractivity contribution in [1.29, 1.82) is 0 Å². The summed E-state index contributed by atoms with van der Waals surface area (Å²) in [4.78, 5) is 14.2. The molecule has 11 heteroatoms. The number of halogens is 2. The number of benzene rings is 2. The Kier molecular flexibility index (Phi) is 6.49. The lowest BCUT2D eigenvalue weighted by Gasteiger charge is -2.43. The number of aryl methyl sites for hydroxylation is 1. The highest BCUT2D eigenvalue weighted by atomic mass is 35.5. The minimum atomic E-state index is -4.15. The Morgan fingerprint density at radius 3 is 2.49 bits per heavy atom. The average Bonchev–Trinajstić information content (AvgIpc) is 3.58. The van der Waals surface area contributed by atoms with Crippen molar-refractivity contribution in [3.63, 3.8) is 0 Å². The normalized spacial score (nSPS) is 19.2. The lowest BCUT2D eigenvalue weighted by Crippen LogP contribution is -2.50. The molecule has 5 rings (SSSR count). The molecule has 0 spiro atoms. The van der Waals surface area contributed by atoms with Crippen molar-refractivity contribution in [2.45, 2.75) is 76.3 Å². The molecule has 1 aliphatic carbocycles. The van der Waals surface area contributed by atoms with E-state index in [0.717, 1.165) is 18.4 Å². The van der Waals surface area contributed by atoms with Crippen LogP contribution in [0, 0.1) is 19.7 Å². The molecule has 0 radical (unpaired) electrons. The number of nitrogens with one attached hydrogen (secondary N) is 1. The molecule has 0 amide bonds. The van der Waals surface area contributed by atoms with Crippen molar-refractivity contribution >= 4 is 27.3 Å². The van der Waals surface area contributed by atoms with Crippen LogP contribution in [0.4, 0.5) is 10.1 Å². The molecule has 0 bridgehead atoms. The number of rotatable bonds is 6. The van der Waals surface area contributed by atoms with Gasteiger partial charge < -0.3 is 9.32 Å². The van der Waals surface area contributed by atoms with Gasteiger partial charge >= 0.3 is 5.76 Å². The molecule has 37 heavy (non-hydrogen) atoms. The number of anilines is 1. The van der Waals surface area contributed by atoms with Crippen molar-refractivity contribution < 1.29 is 17.2 Å². The third-order valence-corrected chi connectivity index (χ3v) is 9.66. The Balaban J connectivity index is 1.75. The van der Waals surface area contributed by atoms with Crippen molar-refractivity contribution in [2.24, 2.45) is 0 Å². The van der Waals surface area contributed by atoms with E-state index in [1.54, 1.807) is 32.0 Å². The van der Waals surface area contributed by atoms with E-state index in [0.29, 0.717) is 27.4 Å². The summed E-state index contributed by atoms with van der Waals surface area (Å²) in [7, 11) is -4.15. The zero-order valence-electron chi connectivity index (χ0n) is 21.4. The summed E-state index contributed by atoms with van der Waals surface area (Å²) in [5, 5.41) is 6.74. The Bertz CT molecular complexity index is 1530. The molecule has 2 atom stereocenters. The molecule has 198 valence electrons. The van der Waals surface area contributed by atoms with Crippen LogP contribution < -0.4 is 10.7 Å². The topological polar surface area (TPSA) is 99.5 Å². The predicted molar refractivity (Wildman–Crippen MR) is 139 cm³/mol. The lowest BCUT2D eigenvalue weighted by atomic mass is 9.87. The second-order valence-corrected chi connectivity index (χ2v) is 12.6. The minimum absolute atomic E-state index is 0.00403. The zero-order valence-corrected chi connectivity index (χ0v) is 23.0. The highest BCUT2D eigenvalue weighted by Crippen LogP contribution is 2.49. The van der Waals surface area contributed by atoms with Crippen LogP contribution in [0.5, 0.6) is 0 Å². The summed E-state index contributed by atoms with van der Waals surface area (Å²) in [6, 6.07) is 5.52. The standard InChI is InChI=1S/C26H30ClFN4O4S/c1-13(2)19-10-17(27)11-21-24(19)37(34,35)32(12-31(21)18-7-8-18)23(25-29-30-26(33)36-25)16(5)22-15(4)14(3)6-9-20(22)28/h6,9-11,13,16,18,23H,7-8,12H2,1-5H3,(H,30,33)/t16-,23+/m1/s1. The molecule has 1 aliphatic heterocycles. The molecule has 1 fully saturated rings. The van der Waals surface area contributed by atoms with Gasteiger partial charge in [-0.05, 0) is 73.1 Å². The molecule has 3 aromatic rings. The van der Waals surface area contributed by atoms with Crippen LogP contribution in [-0.2, 0) is 10.0 Å².